The number of hydrogen-bond donors (Lipinski definition) is 1. The summed E-state index contributed by atoms with van der Waals surface area (Å²) in [6, 6.07) is 2.47. The lowest BCUT2D eigenvalue weighted by Gasteiger charge is -2.18. The highest BCUT2D eigenvalue weighted by Gasteiger charge is 2.17. The molecule has 1 aliphatic carbocycles. The zero-order valence-corrected chi connectivity index (χ0v) is 10.3. The van der Waals surface area contributed by atoms with Gasteiger partial charge in [-0.1, -0.05) is 18.1 Å². The lowest BCUT2D eigenvalue weighted by atomic mass is 9.97. The van der Waals surface area contributed by atoms with Crippen LogP contribution in [0, 0.1) is 6.92 Å². The summed E-state index contributed by atoms with van der Waals surface area (Å²) < 4.78 is 5.40. The molecule has 16 heavy (non-hydrogen) atoms. The third-order valence-electron chi connectivity index (χ3n) is 3.32. The maximum absolute atomic E-state index is 5.40. The van der Waals surface area contributed by atoms with Crippen LogP contribution in [-0.2, 0) is 0 Å². The highest BCUT2D eigenvalue weighted by atomic mass is 16.3. The van der Waals surface area contributed by atoms with E-state index in [1.165, 1.54) is 43.2 Å². The molecule has 0 saturated carbocycles. The molecule has 0 bridgehead atoms. The van der Waals surface area contributed by atoms with Gasteiger partial charge < -0.3 is 9.73 Å². The molecule has 0 aromatic carbocycles. The van der Waals surface area contributed by atoms with Crippen LogP contribution in [0.15, 0.2) is 28.4 Å². The molecule has 0 spiro atoms. The summed E-state index contributed by atoms with van der Waals surface area (Å²) in [5.41, 5.74) is 2.79. The van der Waals surface area contributed by atoms with E-state index in [0.717, 1.165) is 5.76 Å². The van der Waals surface area contributed by atoms with Crippen LogP contribution in [0.2, 0.25) is 0 Å². The van der Waals surface area contributed by atoms with E-state index in [2.05, 4.69) is 17.5 Å². The van der Waals surface area contributed by atoms with E-state index in [9.17, 15) is 0 Å². The third kappa shape index (κ3) is 2.56. The smallest absolute Gasteiger partial charge is 0.101 e. The fraction of sp³-hybridized carbons (Fsp3) is 0.571. The standard InChI is InChI=1S/C14H21NO/c1-11-9-13(10-16-11)14(15-2)12-7-5-3-4-6-8-12/h7,9-10,14-15H,3-6,8H2,1-2H3. The predicted octanol–water partition coefficient (Wildman–Crippen LogP) is 3.74. The van der Waals surface area contributed by atoms with Crippen LogP contribution in [0.25, 0.3) is 0 Å². The largest absolute Gasteiger partial charge is 0.469 e. The highest BCUT2D eigenvalue weighted by molar-refractivity contribution is 5.27. The maximum atomic E-state index is 5.40. The second-order valence-corrected chi connectivity index (χ2v) is 4.59. The van der Waals surface area contributed by atoms with Crippen LogP contribution in [0.4, 0.5) is 0 Å². The van der Waals surface area contributed by atoms with Crippen molar-refractivity contribution >= 4 is 0 Å². The minimum atomic E-state index is 0.343. The Hall–Kier alpha value is -1.02. The molecule has 0 aliphatic heterocycles. The Balaban J connectivity index is 2.18. The molecule has 0 saturated heterocycles. The van der Waals surface area contributed by atoms with Crippen molar-refractivity contribution in [3.8, 4) is 0 Å². The van der Waals surface area contributed by atoms with Gasteiger partial charge in [0, 0.05) is 5.56 Å². The molecule has 2 rings (SSSR count). The van der Waals surface area contributed by atoms with E-state index in [1.54, 1.807) is 0 Å². The minimum Gasteiger partial charge on any atom is -0.469 e. The van der Waals surface area contributed by atoms with E-state index in [1.807, 2.05) is 20.2 Å². The van der Waals surface area contributed by atoms with Gasteiger partial charge in [-0.05, 0) is 45.7 Å². The zero-order valence-electron chi connectivity index (χ0n) is 10.3. The van der Waals surface area contributed by atoms with Gasteiger partial charge in [-0.25, -0.2) is 0 Å². The Labute approximate surface area is 97.7 Å². The molecule has 1 N–H and O–H groups in total. The van der Waals surface area contributed by atoms with Crippen LogP contribution in [0.3, 0.4) is 0 Å². The molecule has 1 unspecified atom stereocenters. The minimum absolute atomic E-state index is 0.343. The Morgan fingerprint density at radius 3 is 2.88 bits per heavy atom. The van der Waals surface area contributed by atoms with Gasteiger partial charge in [0.15, 0.2) is 0 Å². The second kappa shape index (κ2) is 5.35. The molecule has 0 fully saturated rings. The van der Waals surface area contributed by atoms with Crippen molar-refractivity contribution in [3.05, 3.63) is 35.3 Å². The van der Waals surface area contributed by atoms with Gasteiger partial charge in [-0.2, -0.15) is 0 Å². The van der Waals surface area contributed by atoms with E-state index in [0.29, 0.717) is 6.04 Å². The third-order valence-corrected chi connectivity index (χ3v) is 3.32. The number of hydrogen-bond acceptors (Lipinski definition) is 2. The lowest BCUT2D eigenvalue weighted by molar-refractivity contribution is 0.526. The molecule has 0 radical (unpaired) electrons. The van der Waals surface area contributed by atoms with Gasteiger partial charge in [0.05, 0.1) is 12.3 Å². The summed E-state index contributed by atoms with van der Waals surface area (Å²) in [6.07, 6.45) is 10.8. The number of likely N-dealkylation sites (N-methyl/N-ethyl adjacent to an activating group) is 1. The summed E-state index contributed by atoms with van der Waals surface area (Å²) in [4.78, 5) is 0. The van der Waals surface area contributed by atoms with Crippen molar-refractivity contribution in [1.29, 1.82) is 0 Å². The van der Waals surface area contributed by atoms with Gasteiger partial charge in [0.2, 0.25) is 0 Å². The molecule has 2 nitrogen and oxygen atoms in total. The van der Waals surface area contributed by atoms with E-state index in [4.69, 9.17) is 4.42 Å². The van der Waals surface area contributed by atoms with Crippen molar-refractivity contribution in [3.63, 3.8) is 0 Å². The molecule has 88 valence electrons. The molecular formula is C14H21NO. The van der Waals surface area contributed by atoms with Crippen LogP contribution < -0.4 is 5.32 Å². The Bertz CT molecular complexity index is 365. The van der Waals surface area contributed by atoms with Gasteiger partial charge in [-0.3, -0.25) is 0 Å². The molecule has 1 aliphatic rings. The predicted molar refractivity (Wildman–Crippen MR) is 66.4 cm³/mol. The first-order valence-corrected chi connectivity index (χ1v) is 6.22. The molecule has 1 aromatic heterocycles. The molecule has 0 amide bonds. The molecule has 1 heterocycles. The van der Waals surface area contributed by atoms with Gasteiger partial charge in [0.25, 0.3) is 0 Å². The van der Waals surface area contributed by atoms with Crippen LogP contribution in [-0.4, -0.2) is 7.05 Å². The SMILES string of the molecule is CNC(C1=CCCCCC1)c1coc(C)c1. The summed E-state index contributed by atoms with van der Waals surface area (Å²) in [5, 5.41) is 3.40. The number of furan rings is 1. The molecular weight excluding hydrogens is 198 g/mol. The van der Waals surface area contributed by atoms with Crippen molar-refractivity contribution in [2.45, 2.75) is 45.1 Å². The van der Waals surface area contributed by atoms with Crippen LogP contribution >= 0.6 is 0 Å². The van der Waals surface area contributed by atoms with Crippen molar-refractivity contribution < 1.29 is 4.42 Å². The Morgan fingerprint density at radius 2 is 2.19 bits per heavy atom. The fourth-order valence-electron chi connectivity index (χ4n) is 2.48. The van der Waals surface area contributed by atoms with Crippen LogP contribution in [0.1, 0.15) is 49.5 Å². The Morgan fingerprint density at radius 1 is 1.31 bits per heavy atom. The normalized spacial score (nSPS) is 19.0. The first-order valence-electron chi connectivity index (χ1n) is 6.22. The van der Waals surface area contributed by atoms with E-state index < -0.39 is 0 Å². The topological polar surface area (TPSA) is 25.2 Å². The lowest BCUT2D eigenvalue weighted by Crippen LogP contribution is -2.18. The fourth-order valence-corrected chi connectivity index (χ4v) is 2.48. The molecule has 1 aromatic rings. The van der Waals surface area contributed by atoms with Crippen molar-refractivity contribution in [2.75, 3.05) is 7.05 Å². The van der Waals surface area contributed by atoms with Gasteiger partial charge >= 0.3 is 0 Å². The van der Waals surface area contributed by atoms with E-state index in [-0.39, 0.29) is 0 Å². The summed E-state index contributed by atoms with van der Waals surface area (Å²) >= 11 is 0. The van der Waals surface area contributed by atoms with Crippen molar-refractivity contribution in [1.82, 2.24) is 5.32 Å². The second-order valence-electron chi connectivity index (χ2n) is 4.59. The number of aryl methyl sites for hydroxylation is 1. The first-order chi connectivity index (χ1) is 7.81. The van der Waals surface area contributed by atoms with Crippen LogP contribution in [0.5, 0.6) is 0 Å². The molecule has 2 heteroatoms. The highest BCUT2D eigenvalue weighted by Crippen LogP contribution is 2.29. The average molecular weight is 219 g/mol. The number of allylic oxidation sites excluding steroid dienone is 1. The first kappa shape index (κ1) is 11.5. The molecule has 1 atom stereocenters. The summed E-state index contributed by atoms with van der Waals surface area (Å²) in [7, 11) is 2.03. The summed E-state index contributed by atoms with van der Waals surface area (Å²) in [6.45, 7) is 2.00. The number of rotatable bonds is 3. The van der Waals surface area contributed by atoms with Crippen molar-refractivity contribution in [2.24, 2.45) is 0 Å². The van der Waals surface area contributed by atoms with Gasteiger partial charge in [0.1, 0.15) is 5.76 Å². The summed E-state index contributed by atoms with van der Waals surface area (Å²) in [5.74, 6) is 0.990. The average Bonchev–Trinajstić information content (AvgIpc) is 2.55. The Kier molecular flexibility index (Phi) is 3.83. The van der Waals surface area contributed by atoms with Gasteiger partial charge in [-0.15, -0.1) is 0 Å². The maximum Gasteiger partial charge on any atom is 0.101 e. The van der Waals surface area contributed by atoms with E-state index >= 15 is 0 Å². The monoisotopic (exact) mass is 219 g/mol. The zero-order chi connectivity index (χ0) is 11.4. The quantitative estimate of drug-likeness (QED) is 0.783. The number of nitrogens with one attached hydrogen (secondary N) is 1.